The molecule has 0 saturated carbocycles. The average molecular weight is 503 g/mol. The van der Waals surface area contributed by atoms with E-state index in [2.05, 4.69) is 0 Å². The molecule has 0 aliphatic carbocycles. The van der Waals surface area contributed by atoms with E-state index in [-0.39, 0.29) is 34.7 Å². The highest BCUT2D eigenvalue weighted by molar-refractivity contribution is 7.89. The highest BCUT2D eigenvalue weighted by Gasteiger charge is 2.46. The monoisotopic (exact) mass is 502 g/mol. The zero-order valence-corrected chi connectivity index (χ0v) is 20.1. The summed E-state index contributed by atoms with van der Waals surface area (Å²) in [6.07, 6.45) is 2.60. The minimum atomic E-state index is -3.68. The molecule has 2 fully saturated rings. The number of halogens is 1. The molecule has 2 aliphatic rings. The number of hydrogen-bond acceptors (Lipinski definition) is 6. The Morgan fingerprint density at radius 1 is 1.06 bits per heavy atom. The van der Waals surface area contributed by atoms with Crippen molar-refractivity contribution in [3.05, 3.63) is 71.0 Å². The van der Waals surface area contributed by atoms with Crippen LogP contribution in [0.3, 0.4) is 0 Å². The quantitative estimate of drug-likeness (QED) is 0.355. The largest absolute Gasteiger partial charge is 0.507 e. The lowest BCUT2D eigenvalue weighted by Crippen LogP contribution is -2.35. The molecule has 2 heterocycles. The summed E-state index contributed by atoms with van der Waals surface area (Å²) in [5.41, 5.74) is -0.0508. The van der Waals surface area contributed by atoms with E-state index in [9.17, 15) is 27.5 Å². The Balaban J connectivity index is 1.75. The van der Waals surface area contributed by atoms with Crippen molar-refractivity contribution < 1.29 is 32.2 Å². The predicted octanol–water partition coefficient (Wildman–Crippen LogP) is 3.07. The van der Waals surface area contributed by atoms with Crippen LogP contribution in [0.15, 0.2) is 59.0 Å². The Kier molecular flexibility index (Phi) is 7.34. The van der Waals surface area contributed by atoms with E-state index in [4.69, 9.17) is 4.74 Å². The smallest absolute Gasteiger partial charge is 0.295 e. The summed E-state index contributed by atoms with van der Waals surface area (Å²) in [5, 5.41) is 11.1. The predicted molar refractivity (Wildman–Crippen MR) is 126 cm³/mol. The number of benzene rings is 2. The third kappa shape index (κ3) is 4.73. The Morgan fingerprint density at radius 2 is 1.71 bits per heavy atom. The first-order chi connectivity index (χ1) is 16.8. The van der Waals surface area contributed by atoms with Crippen LogP contribution in [-0.4, -0.2) is 67.8 Å². The third-order valence-corrected chi connectivity index (χ3v) is 8.27. The molecule has 2 saturated heterocycles. The molecule has 1 atom stereocenters. The number of aliphatic hydroxyl groups excluding tert-OH is 1. The topological polar surface area (TPSA) is 104 Å². The Hall–Kier alpha value is -3.08. The molecule has 2 aromatic rings. The van der Waals surface area contributed by atoms with Crippen LogP contribution in [-0.2, 0) is 24.3 Å². The van der Waals surface area contributed by atoms with Crippen molar-refractivity contribution in [3.8, 4) is 0 Å². The lowest BCUT2D eigenvalue weighted by Gasteiger charge is -2.26. The number of ketones is 1. The van der Waals surface area contributed by atoms with Crippen LogP contribution < -0.4 is 0 Å². The molecule has 2 aliphatic heterocycles. The Labute approximate surface area is 203 Å². The van der Waals surface area contributed by atoms with Gasteiger partial charge in [-0.3, -0.25) is 9.59 Å². The molecule has 4 rings (SSSR count). The molecule has 0 spiro atoms. The molecular weight excluding hydrogens is 475 g/mol. The van der Waals surface area contributed by atoms with Gasteiger partial charge >= 0.3 is 0 Å². The van der Waals surface area contributed by atoms with Crippen LogP contribution in [0, 0.1) is 5.82 Å². The van der Waals surface area contributed by atoms with E-state index >= 15 is 0 Å². The van der Waals surface area contributed by atoms with Crippen molar-refractivity contribution in [2.24, 2.45) is 0 Å². The number of hydrogen-bond donors (Lipinski definition) is 1. The second-order valence-corrected chi connectivity index (χ2v) is 10.4. The highest BCUT2D eigenvalue weighted by atomic mass is 32.2. The number of Topliss-reactive ketones (excluding diaryl/α,β-unsaturated/α-hetero) is 1. The van der Waals surface area contributed by atoms with Gasteiger partial charge in [0.2, 0.25) is 10.0 Å². The van der Waals surface area contributed by atoms with Gasteiger partial charge in [-0.15, -0.1) is 0 Å². The normalized spacial score (nSPS) is 21.0. The van der Waals surface area contributed by atoms with Gasteiger partial charge in [0, 0.05) is 37.9 Å². The van der Waals surface area contributed by atoms with Gasteiger partial charge in [-0.25, -0.2) is 12.8 Å². The lowest BCUT2D eigenvalue weighted by molar-refractivity contribution is -0.140. The maximum atomic E-state index is 14.7. The maximum absolute atomic E-state index is 14.7. The van der Waals surface area contributed by atoms with Crippen molar-refractivity contribution in [1.29, 1.82) is 0 Å². The van der Waals surface area contributed by atoms with E-state index in [1.807, 2.05) is 0 Å². The summed E-state index contributed by atoms with van der Waals surface area (Å²) in [5.74, 6) is -2.95. The lowest BCUT2D eigenvalue weighted by atomic mass is 9.95. The van der Waals surface area contributed by atoms with E-state index in [1.165, 1.54) is 58.8 Å². The van der Waals surface area contributed by atoms with Gasteiger partial charge in [0.25, 0.3) is 11.7 Å². The first-order valence-corrected chi connectivity index (χ1v) is 12.8. The molecular formula is C25H27FN2O6S. The number of piperidine rings is 1. The molecule has 1 amide bonds. The first kappa shape index (κ1) is 25.0. The molecule has 8 nitrogen and oxygen atoms in total. The van der Waals surface area contributed by atoms with Crippen molar-refractivity contribution in [2.75, 3.05) is 33.4 Å². The summed E-state index contributed by atoms with van der Waals surface area (Å²) in [6, 6.07) is 10.1. The van der Waals surface area contributed by atoms with E-state index in [0.29, 0.717) is 13.1 Å². The van der Waals surface area contributed by atoms with E-state index in [0.717, 1.165) is 19.3 Å². The van der Waals surface area contributed by atoms with Gasteiger partial charge in [-0.2, -0.15) is 4.31 Å². The second-order valence-electron chi connectivity index (χ2n) is 8.50. The van der Waals surface area contributed by atoms with Gasteiger partial charge in [-0.1, -0.05) is 24.6 Å². The van der Waals surface area contributed by atoms with Gasteiger partial charge in [0.05, 0.1) is 23.1 Å². The van der Waals surface area contributed by atoms with Crippen molar-refractivity contribution in [2.45, 2.75) is 30.2 Å². The number of methoxy groups -OCH3 is 1. The molecule has 0 radical (unpaired) electrons. The van der Waals surface area contributed by atoms with Crippen LogP contribution in [0.4, 0.5) is 4.39 Å². The number of sulfonamides is 1. The molecule has 2 aromatic carbocycles. The van der Waals surface area contributed by atoms with Crippen molar-refractivity contribution in [3.63, 3.8) is 0 Å². The van der Waals surface area contributed by atoms with Gasteiger partial charge in [0.15, 0.2) is 0 Å². The number of likely N-dealkylation sites (tertiary alicyclic amines) is 1. The number of nitrogens with zero attached hydrogens (tertiary/aromatic N) is 2. The zero-order chi connectivity index (χ0) is 25.2. The van der Waals surface area contributed by atoms with Crippen molar-refractivity contribution in [1.82, 2.24) is 9.21 Å². The number of rotatable bonds is 7. The number of carbonyl (C=O) groups excluding carboxylic acids is 2. The van der Waals surface area contributed by atoms with Crippen LogP contribution in [0.25, 0.3) is 5.76 Å². The molecule has 35 heavy (non-hydrogen) atoms. The number of ether oxygens (including phenoxy) is 1. The highest BCUT2D eigenvalue weighted by Crippen LogP contribution is 2.40. The Morgan fingerprint density at radius 3 is 2.34 bits per heavy atom. The van der Waals surface area contributed by atoms with Crippen LogP contribution in [0.2, 0.25) is 0 Å². The molecule has 10 heteroatoms. The summed E-state index contributed by atoms with van der Waals surface area (Å²) in [4.78, 5) is 27.0. The van der Waals surface area contributed by atoms with Crippen LogP contribution in [0.1, 0.15) is 36.4 Å². The second kappa shape index (κ2) is 10.3. The fourth-order valence-corrected chi connectivity index (χ4v) is 6.03. The van der Waals surface area contributed by atoms with Gasteiger partial charge in [0.1, 0.15) is 11.6 Å². The first-order valence-electron chi connectivity index (χ1n) is 11.4. The Bertz CT molecular complexity index is 1250. The molecule has 186 valence electrons. The summed E-state index contributed by atoms with van der Waals surface area (Å²) < 4.78 is 47.1. The molecule has 1 unspecified atom stereocenters. The fraction of sp³-hybridized carbons (Fsp3) is 0.360. The fourth-order valence-electron chi connectivity index (χ4n) is 4.52. The molecule has 0 aromatic heterocycles. The van der Waals surface area contributed by atoms with Gasteiger partial charge in [-0.05, 0) is 43.2 Å². The standard InChI is InChI=1S/C25H27FN2O6S/c1-34-16-15-28-22(19-7-3-4-8-20(19)26)21(24(30)25(28)31)23(29)17-9-11-18(12-10-17)35(32,33)27-13-5-2-6-14-27/h3-4,7-12,22,29H,2,5-6,13-16H2,1H3/b23-21+. The van der Waals surface area contributed by atoms with E-state index < -0.39 is 39.3 Å². The number of carbonyl (C=O) groups is 2. The third-order valence-electron chi connectivity index (χ3n) is 6.36. The summed E-state index contributed by atoms with van der Waals surface area (Å²) >= 11 is 0. The number of amides is 1. The summed E-state index contributed by atoms with van der Waals surface area (Å²) in [7, 11) is -2.24. The zero-order valence-electron chi connectivity index (χ0n) is 19.3. The maximum Gasteiger partial charge on any atom is 0.295 e. The van der Waals surface area contributed by atoms with Crippen LogP contribution in [0.5, 0.6) is 0 Å². The average Bonchev–Trinajstić information content (AvgIpc) is 3.12. The minimum absolute atomic E-state index is 0.0177. The van der Waals surface area contributed by atoms with Crippen molar-refractivity contribution >= 4 is 27.5 Å². The summed E-state index contributed by atoms with van der Waals surface area (Å²) in [6.45, 7) is 1.04. The number of aliphatic hydroxyl groups is 1. The molecule has 0 bridgehead atoms. The molecule has 1 N–H and O–H groups in total. The van der Waals surface area contributed by atoms with E-state index in [1.54, 1.807) is 6.07 Å². The minimum Gasteiger partial charge on any atom is -0.507 e. The van der Waals surface area contributed by atoms with Gasteiger partial charge < -0.3 is 14.7 Å². The SMILES string of the molecule is COCCN1C(=O)C(=O)/C(=C(/O)c2ccc(S(=O)(=O)N3CCCCC3)cc2)C1c1ccccc1F. The van der Waals surface area contributed by atoms with Crippen LogP contribution >= 0.6 is 0 Å².